The first kappa shape index (κ1) is 15.0. The molecule has 0 bridgehead atoms. The van der Waals surface area contributed by atoms with Crippen LogP contribution in [0.25, 0.3) is 0 Å². The summed E-state index contributed by atoms with van der Waals surface area (Å²) in [5, 5.41) is 7.04. The van der Waals surface area contributed by atoms with E-state index in [0.717, 1.165) is 25.3 Å². The second kappa shape index (κ2) is 5.95. The molecule has 20 heavy (non-hydrogen) atoms. The summed E-state index contributed by atoms with van der Waals surface area (Å²) in [6.07, 6.45) is -1.29. The van der Waals surface area contributed by atoms with Gasteiger partial charge in [0.15, 0.2) is 11.5 Å². The van der Waals surface area contributed by atoms with Gasteiger partial charge in [-0.3, -0.25) is 0 Å². The topological polar surface area (TPSA) is 55.0 Å². The molecule has 1 aromatic rings. The molecule has 0 spiro atoms. The van der Waals surface area contributed by atoms with Gasteiger partial charge in [-0.05, 0) is 44.4 Å². The van der Waals surface area contributed by atoms with Crippen LogP contribution >= 0.6 is 0 Å². The van der Waals surface area contributed by atoms with E-state index in [1.165, 1.54) is 6.07 Å². The summed E-state index contributed by atoms with van der Waals surface area (Å²) in [5.74, 6) is 0.866. The van der Waals surface area contributed by atoms with Gasteiger partial charge in [-0.15, -0.1) is 10.2 Å². The molecule has 2 unspecified atom stereocenters. The molecule has 1 aliphatic carbocycles. The minimum Gasteiger partial charge on any atom is -0.352 e. The van der Waals surface area contributed by atoms with Crippen molar-refractivity contribution in [3.8, 4) is 0 Å². The van der Waals surface area contributed by atoms with Crippen molar-refractivity contribution < 1.29 is 13.2 Å². The van der Waals surface area contributed by atoms with E-state index in [-0.39, 0.29) is 6.04 Å². The van der Waals surface area contributed by atoms with Crippen molar-refractivity contribution in [1.82, 2.24) is 10.2 Å². The van der Waals surface area contributed by atoms with Crippen molar-refractivity contribution in [2.24, 2.45) is 11.7 Å². The third-order valence-electron chi connectivity index (χ3n) is 3.90. The fourth-order valence-corrected chi connectivity index (χ4v) is 2.90. The third-order valence-corrected chi connectivity index (χ3v) is 3.90. The molecule has 4 nitrogen and oxygen atoms in total. The first-order valence-electron chi connectivity index (χ1n) is 6.85. The van der Waals surface area contributed by atoms with E-state index in [9.17, 15) is 13.2 Å². The minimum absolute atomic E-state index is 0.246. The Morgan fingerprint density at radius 3 is 2.55 bits per heavy atom. The Labute approximate surface area is 116 Å². The van der Waals surface area contributed by atoms with Crippen LogP contribution in [-0.2, 0) is 6.18 Å². The maximum absolute atomic E-state index is 12.5. The molecule has 1 aliphatic rings. The fraction of sp³-hybridized carbons (Fsp3) is 0.692. The number of hydrogen-bond donors (Lipinski definition) is 1. The van der Waals surface area contributed by atoms with Crippen molar-refractivity contribution in [2.45, 2.75) is 38.4 Å². The van der Waals surface area contributed by atoms with Crippen LogP contribution in [-0.4, -0.2) is 29.3 Å². The predicted molar refractivity (Wildman–Crippen MR) is 70.2 cm³/mol. The lowest BCUT2D eigenvalue weighted by molar-refractivity contribution is -0.141. The molecule has 0 aliphatic heterocycles. The first-order chi connectivity index (χ1) is 9.47. The summed E-state index contributed by atoms with van der Waals surface area (Å²) in [7, 11) is 0. The molecule has 2 rings (SSSR count). The second-order valence-electron chi connectivity index (χ2n) is 5.05. The van der Waals surface area contributed by atoms with Gasteiger partial charge in [0.1, 0.15) is 0 Å². The van der Waals surface area contributed by atoms with Gasteiger partial charge in [0.25, 0.3) is 0 Å². The number of aromatic nitrogens is 2. The highest BCUT2D eigenvalue weighted by Gasteiger charge is 2.34. The van der Waals surface area contributed by atoms with Crippen molar-refractivity contribution in [3.63, 3.8) is 0 Å². The Bertz CT molecular complexity index is 432. The number of halogens is 3. The van der Waals surface area contributed by atoms with Gasteiger partial charge < -0.3 is 10.6 Å². The average molecular weight is 288 g/mol. The van der Waals surface area contributed by atoms with Crippen molar-refractivity contribution >= 4 is 5.82 Å². The Morgan fingerprint density at radius 1 is 1.30 bits per heavy atom. The van der Waals surface area contributed by atoms with E-state index in [1.807, 2.05) is 11.8 Å². The highest BCUT2D eigenvalue weighted by atomic mass is 19.4. The molecule has 2 atom stereocenters. The number of hydrogen-bond acceptors (Lipinski definition) is 4. The molecule has 1 saturated carbocycles. The molecule has 1 heterocycles. The molecule has 112 valence electrons. The van der Waals surface area contributed by atoms with Gasteiger partial charge in [0, 0.05) is 12.6 Å². The number of rotatable bonds is 4. The Balaban J connectivity index is 2.19. The van der Waals surface area contributed by atoms with Crippen LogP contribution < -0.4 is 10.6 Å². The van der Waals surface area contributed by atoms with Gasteiger partial charge in [-0.2, -0.15) is 13.2 Å². The predicted octanol–water partition coefficient (Wildman–Crippen LogP) is 2.45. The van der Waals surface area contributed by atoms with E-state index in [4.69, 9.17) is 5.73 Å². The molecular formula is C13H19F3N4. The summed E-state index contributed by atoms with van der Waals surface area (Å²) in [6.45, 7) is 3.24. The van der Waals surface area contributed by atoms with Gasteiger partial charge in [0.05, 0.1) is 0 Å². The van der Waals surface area contributed by atoms with Gasteiger partial charge in [-0.25, -0.2) is 0 Å². The van der Waals surface area contributed by atoms with Crippen LogP contribution in [0.5, 0.6) is 0 Å². The maximum Gasteiger partial charge on any atom is 0.435 e. The molecule has 7 heteroatoms. The number of nitrogens with zero attached hydrogens (tertiary/aromatic N) is 3. The lowest BCUT2D eigenvalue weighted by atomic mass is 10.0. The summed E-state index contributed by atoms with van der Waals surface area (Å²) in [6, 6.07) is 2.62. The Morgan fingerprint density at radius 2 is 2.05 bits per heavy atom. The average Bonchev–Trinajstić information content (AvgIpc) is 2.87. The molecule has 1 fully saturated rings. The summed E-state index contributed by atoms with van der Waals surface area (Å²) >= 11 is 0. The van der Waals surface area contributed by atoms with Crippen molar-refractivity contribution in [1.29, 1.82) is 0 Å². The molecular weight excluding hydrogens is 269 g/mol. The standard InChI is InChI=1S/C13H19F3N4/c1-2-20(10-5-3-4-9(10)8-17)12-7-6-11(18-19-12)13(14,15)16/h6-7,9-10H,2-5,8,17H2,1H3. The highest BCUT2D eigenvalue weighted by molar-refractivity contribution is 5.39. The van der Waals surface area contributed by atoms with E-state index >= 15 is 0 Å². The van der Waals surface area contributed by atoms with Crippen LogP contribution in [0.2, 0.25) is 0 Å². The van der Waals surface area contributed by atoms with Gasteiger partial charge in [-0.1, -0.05) is 6.42 Å². The quantitative estimate of drug-likeness (QED) is 0.924. The molecule has 2 N–H and O–H groups in total. The first-order valence-corrected chi connectivity index (χ1v) is 6.85. The molecule has 0 aromatic carbocycles. The van der Waals surface area contributed by atoms with Crippen molar-refractivity contribution in [3.05, 3.63) is 17.8 Å². The Kier molecular flexibility index (Phi) is 4.47. The van der Waals surface area contributed by atoms with Crippen LogP contribution in [0, 0.1) is 5.92 Å². The van der Waals surface area contributed by atoms with E-state index in [1.54, 1.807) is 0 Å². The van der Waals surface area contributed by atoms with Crippen LogP contribution in [0.15, 0.2) is 12.1 Å². The number of alkyl halides is 3. The molecule has 0 saturated heterocycles. The van der Waals surface area contributed by atoms with E-state index < -0.39 is 11.9 Å². The molecule has 1 aromatic heterocycles. The monoisotopic (exact) mass is 288 g/mol. The van der Waals surface area contributed by atoms with Crippen molar-refractivity contribution in [2.75, 3.05) is 18.0 Å². The lowest BCUT2D eigenvalue weighted by Gasteiger charge is -2.32. The van der Waals surface area contributed by atoms with E-state index in [0.29, 0.717) is 24.8 Å². The Hall–Kier alpha value is -1.37. The minimum atomic E-state index is -4.45. The molecule has 0 radical (unpaired) electrons. The smallest absolute Gasteiger partial charge is 0.352 e. The van der Waals surface area contributed by atoms with Gasteiger partial charge >= 0.3 is 6.18 Å². The largest absolute Gasteiger partial charge is 0.435 e. The zero-order valence-corrected chi connectivity index (χ0v) is 11.4. The van der Waals surface area contributed by atoms with Crippen LogP contribution in [0.4, 0.5) is 19.0 Å². The van der Waals surface area contributed by atoms with Crippen LogP contribution in [0.1, 0.15) is 31.9 Å². The number of nitrogens with two attached hydrogens (primary N) is 1. The zero-order valence-electron chi connectivity index (χ0n) is 11.4. The van der Waals surface area contributed by atoms with Crippen LogP contribution in [0.3, 0.4) is 0 Å². The SMILES string of the molecule is CCN(c1ccc(C(F)(F)F)nn1)C1CCCC1CN. The summed E-state index contributed by atoms with van der Waals surface area (Å²) in [4.78, 5) is 2.01. The highest BCUT2D eigenvalue weighted by Crippen LogP contribution is 2.32. The summed E-state index contributed by atoms with van der Waals surface area (Å²) in [5.41, 5.74) is 4.81. The third kappa shape index (κ3) is 3.03. The summed E-state index contributed by atoms with van der Waals surface area (Å²) < 4.78 is 37.5. The molecule has 0 amide bonds. The maximum atomic E-state index is 12.5. The zero-order chi connectivity index (χ0) is 14.8. The van der Waals surface area contributed by atoms with Gasteiger partial charge in [0.2, 0.25) is 0 Å². The van der Waals surface area contributed by atoms with E-state index in [2.05, 4.69) is 10.2 Å². The fourth-order valence-electron chi connectivity index (χ4n) is 2.90. The number of anilines is 1. The lowest BCUT2D eigenvalue weighted by Crippen LogP contribution is -2.41. The second-order valence-corrected chi connectivity index (χ2v) is 5.05. The normalized spacial score (nSPS) is 23.1.